The van der Waals surface area contributed by atoms with Crippen LogP contribution in [0.15, 0.2) is 66.0 Å². The van der Waals surface area contributed by atoms with Gasteiger partial charge in [0, 0.05) is 17.3 Å². The normalized spacial score (nSPS) is 10.9. The number of benzene rings is 2. The van der Waals surface area contributed by atoms with E-state index < -0.39 is 0 Å². The van der Waals surface area contributed by atoms with Gasteiger partial charge >= 0.3 is 0 Å². The molecule has 1 aromatic heterocycles. The average molecular weight is 345 g/mol. The highest BCUT2D eigenvalue weighted by Crippen LogP contribution is 2.24. The molecule has 2 aromatic carbocycles. The summed E-state index contributed by atoms with van der Waals surface area (Å²) in [6.45, 7) is 0.649. The fraction of sp³-hybridized carbons (Fsp3) is 0.167. The molecule has 0 atom stereocenters. The lowest BCUT2D eigenvalue weighted by atomic mass is 10.2. The van der Waals surface area contributed by atoms with Crippen molar-refractivity contribution < 1.29 is 5.11 Å². The number of hydrogen-bond donors (Lipinski definition) is 1. The number of thioether (sulfide) groups is 1. The van der Waals surface area contributed by atoms with Gasteiger partial charge in [0.2, 0.25) is 0 Å². The Morgan fingerprint density at radius 1 is 1.00 bits per heavy atom. The molecule has 23 heavy (non-hydrogen) atoms. The lowest BCUT2D eigenvalue weighted by molar-refractivity contribution is 0.270. The molecule has 0 bridgehead atoms. The number of nitrogens with zero attached hydrogens (tertiary/aromatic N) is 2. The molecule has 1 N–H and O–H groups in total. The van der Waals surface area contributed by atoms with E-state index in [9.17, 15) is 5.11 Å². The Labute approximate surface area is 144 Å². The number of rotatable bonds is 6. The van der Waals surface area contributed by atoms with Crippen LogP contribution in [0.1, 0.15) is 16.8 Å². The summed E-state index contributed by atoms with van der Waals surface area (Å²) in [5, 5.41) is 11.2. The molecule has 0 saturated heterocycles. The zero-order valence-corrected chi connectivity index (χ0v) is 14.1. The molecule has 5 heteroatoms. The first-order valence-electron chi connectivity index (χ1n) is 7.32. The van der Waals surface area contributed by atoms with Gasteiger partial charge in [-0.15, -0.1) is 0 Å². The summed E-state index contributed by atoms with van der Waals surface area (Å²) in [6, 6.07) is 18.0. The summed E-state index contributed by atoms with van der Waals surface area (Å²) in [5.41, 5.74) is 3.20. The predicted molar refractivity (Wildman–Crippen MR) is 94.7 cm³/mol. The molecule has 1 heterocycles. The van der Waals surface area contributed by atoms with Gasteiger partial charge in [0.05, 0.1) is 18.5 Å². The van der Waals surface area contributed by atoms with Gasteiger partial charge in [-0.1, -0.05) is 65.8 Å². The second kappa shape index (κ2) is 7.68. The highest BCUT2D eigenvalue weighted by atomic mass is 35.5. The number of aliphatic hydroxyl groups is 1. The number of hydrogen-bond acceptors (Lipinski definition) is 3. The second-order valence-corrected chi connectivity index (χ2v) is 6.56. The van der Waals surface area contributed by atoms with Crippen LogP contribution in [0, 0.1) is 0 Å². The smallest absolute Gasteiger partial charge is 0.168 e. The molecule has 0 amide bonds. The summed E-state index contributed by atoms with van der Waals surface area (Å²) in [5.74, 6) is 0.851. The third-order valence-corrected chi connectivity index (χ3v) is 4.84. The topological polar surface area (TPSA) is 38.1 Å². The van der Waals surface area contributed by atoms with Crippen molar-refractivity contribution in [3.8, 4) is 0 Å². The molecule has 0 unspecified atom stereocenters. The Kier molecular flexibility index (Phi) is 5.39. The number of imidazole rings is 1. The summed E-state index contributed by atoms with van der Waals surface area (Å²) >= 11 is 7.61. The zero-order valence-electron chi connectivity index (χ0n) is 12.5. The van der Waals surface area contributed by atoms with Crippen LogP contribution in [0.5, 0.6) is 0 Å². The van der Waals surface area contributed by atoms with Crippen molar-refractivity contribution in [3.63, 3.8) is 0 Å². The van der Waals surface area contributed by atoms with E-state index in [1.807, 2.05) is 42.5 Å². The Morgan fingerprint density at radius 2 is 1.74 bits per heavy atom. The van der Waals surface area contributed by atoms with Gasteiger partial charge in [-0.2, -0.15) is 0 Å². The Morgan fingerprint density at radius 3 is 2.43 bits per heavy atom. The van der Waals surface area contributed by atoms with Crippen LogP contribution in [0.3, 0.4) is 0 Å². The van der Waals surface area contributed by atoms with E-state index in [0.29, 0.717) is 6.54 Å². The maximum atomic E-state index is 9.55. The molecular weight excluding hydrogens is 328 g/mol. The van der Waals surface area contributed by atoms with Crippen LogP contribution in [-0.4, -0.2) is 14.7 Å². The molecule has 0 spiro atoms. The predicted octanol–water partition coefficient (Wildman–Crippen LogP) is 4.37. The first-order valence-corrected chi connectivity index (χ1v) is 8.69. The summed E-state index contributed by atoms with van der Waals surface area (Å²) in [6.07, 6.45) is 1.74. The third-order valence-electron chi connectivity index (χ3n) is 3.53. The first-order chi connectivity index (χ1) is 11.3. The van der Waals surface area contributed by atoms with Crippen molar-refractivity contribution in [1.82, 2.24) is 9.55 Å². The van der Waals surface area contributed by atoms with Crippen molar-refractivity contribution in [1.29, 1.82) is 0 Å². The lowest BCUT2D eigenvalue weighted by Crippen LogP contribution is -2.06. The third kappa shape index (κ3) is 4.16. The van der Waals surface area contributed by atoms with Gasteiger partial charge < -0.3 is 9.67 Å². The average Bonchev–Trinajstić information content (AvgIpc) is 2.98. The Balaban J connectivity index is 1.78. The maximum absolute atomic E-state index is 9.55. The summed E-state index contributed by atoms with van der Waals surface area (Å²) in [4.78, 5) is 4.46. The van der Waals surface area contributed by atoms with Gasteiger partial charge in [0.25, 0.3) is 0 Å². The fourth-order valence-corrected chi connectivity index (χ4v) is 3.38. The van der Waals surface area contributed by atoms with Crippen LogP contribution in [0.4, 0.5) is 0 Å². The number of aromatic nitrogens is 2. The highest BCUT2D eigenvalue weighted by molar-refractivity contribution is 7.98. The number of halogens is 1. The molecule has 3 nitrogen and oxygen atoms in total. The van der Waals surface area contributed by atoms with Crippen molar-refractivity contribution in [3.05, 3.63) is 82.6 Å². The molecular formula is C18H17ClN2OS. The lowest BCUT2D eigenvalue weighted by Gasteiger charge is -2.11. The van der Waals surface area contributed by atoms with Crippen LogP contribution >= 0.6 is 23.4 Å². The van der Waals surface area contributed by atoms with E-state index >= 15 is 0 Å². The van der Waals surface area contributed by atoms with Gasteiger partial charge in [0.15, 0.2) is 5.16 Å². The molecule has 0 saturated carbocycles. The van der Waals surface area contributed by atoms with Gasteiger partial charge in [-0.05, 0) is 23.3 Å². The van der Waals surface area contributed by atoms with E-state index in [0.717, 1.165) is 27.2 Å². The largest absolute Gasteiger partial charge is 0.390 e. The maximum Gasteiger partial charge on any atom is 0.168 e. The monoisotopic (exact) mass is 344 g/mol. The van der Waals surface area contributed by atoms with E-state index in [2.05, 4.69) is 21.7 Å². The van der Waals surface area contributed by atoms with Crippen molar-refractivity contribution in [2.45, 2.75) is 24.1 Å². The van der Waals surface area contributed by atoms with Crippen LogP contribution in [0.2, 0.25) is 5.02 Å². The molecule has 118 valence electrons. The number of aliphatic hydroxyl groups excluding tert-OH is 1. The van der Waals surface area contributed by atoms with Crippen molar-refractivity contribution in [2.24, 2.45) is 0 Å². The minimum absolute atomic E-state index is 0.0213. The van der Waals surface area contributed by atoms with E-state index in [4.69, 9.17) is 11.6 Å². The van der Waals surface area contributed by atoms with E-state index in [-0.39, 0.29) is 6.61 Å². The molecule has 0 aliphatic heterocycles. The molecule has 3 rings (SSSR count). The van der Waals surface area contributed by atoms with Crippen molar-refractivity contribution in [2.75, 3.05) is 0 Å². The molecule has 3 aromatic rings. The minimum Gasteiger partial charge on any atom is -0.390 e. The van der Waals surface area contributed by atoms with Crippen LogP contribution in [-0.2, 0) is 18.9 Å². The summed E-state index contributed by atoms with van der Waals surface area (Å²) in [7, 11) is 0. The van der Waals surface area contributed by atoms with Crippen LogP contribution < -0.4 is 0 Å². The van der Waals surface area contributed by atoms with E-state index in [1.165, 1.54) is 5.56 Å². The second-order valence-electron chi connectivity index (χ2n) is 5.18. The zero-order chi connectivity index (χ0) is 16.1. The molecule has 0 fully saturated rings. The molecule has 0 aliphatic carbocycles. The Bertz CT molecular complexity index is 756. The van der Waals surface area contributed by atoms with Crippen LogP contribution in [0.25, 0.3) is 0 Å². The van der Waals surface area contributed by atoms with Crippen molar-refractivity contribution >= 4 is 23.4 Å². The highest BCUT2D eigenvalue weighted by Gasteiger charge is 2.11. The Hall–Kier alpha value is -1.75. The standard InChI is InChI=1S/C18H17ClN2OS/c19-16-8-6-14(7-9-16)11-21-17(12-22)10-20-18(21)23-13-15-4-2-1-3-5-15/h1-10,22H,11-13H2. The minimum atomic E-state index is -0.0213. The van der Waals surface area contributed by atoms with Gasteiger partial charge in [-0.25, -0.2) is 4.98 Å². The SMILES string of the molecule is OCc1cnc(SCc2ccccc2)n1Cc1ccc(Cl)cc1. The first kappa shape index (κ1) is 16.1. The molecule has 0 radical (unpaired) electrons. The quantitative estimate of drug-likeness (QED) is 0.675. The van der Waals surface area contributed by atoms with E-state index in [1.54, 1.807) is 18.0 Å². The summed E-state index contributed by atoms with van der Waals surface area (Å²) < 4.78 is 2.05. The van der Waals surface area contributed by atoms with Gasteiger partial charge in [0.1, 0.15) is 0 Å². The molecule has 0 aliphatic rings. The fourth-order valence-electron chi connectivity index (χ4n) is 2.30. The van der Waals surface area contributed by atoms with Gasteiger partial charge in [-0.3, -0.25) is 0 Å².